The highest BCUT2D eigenvalue weighted by Gasteiger charge is 2.40. The summed E-state index contributed by atoms with van der Waals surface area (Å²) in [6.07, 6.45) is 5.16. The van der Waals surface area contributed by atoms with Crippen LogP contribution in [0.5, 0.6) is 0 Å². The van der Waals surface area contributed by atoms with Crippen molar-refractivity contribution in [3.05, 3.63) is 0 Å². The summed E-state index contributed by atoms with van der Waals surface area (Å²) in [5.41, 5.74) is 45.2. The molecule has 21 N–H and O–H groups in total. The molecule has 0 spiro atoms. The van der Waals surface area contributed by atoms with E-state index in [0.717, 1.165) is 0 Å². The first-order chi connectivity index (χ1) is 33.1. The normalized spacial score (nSPS) is 18.2. The molecule has 398 valence electrons. The molecule has 8 atom stereocenters. The summed E-state index contributed by atoms with van der Waals surface area (Å²) in [4.78, 5) is 121. The van der Waals surface area contributed by atoms with Crippen LogP contribution in [-0.4, -0.2) is 157 Å². The number of rotatable bonds is 32. The predicted molar refractivity (Wildman–Crippen MR) is 266 cm³/mol. The van der Waals surface area contributed by atoms with Gasteiger partial charge in [-0.2, -0.15) is 0 Å². The molecule has 8 amide bonds. The number of likely N-dealkylation sites (tertiary alicyclic amines) is 2. The first-order valence-corrected chi connectivity index (χ1v) is 24.8. The van der Waals surface area contributed by atoms with Crippen LogP contribution in [0.1, 0.15) is 124 Å². The first kappa shape index (κ1) is 60.3. The molecule has 0 radical (unpaired) electrons. The van der Waals surface area contributed by atoms with Gasteiger partial charge in [0.25, 0.3) is 0 Å². The van der Waals surface area contributed by atoms with Gasteiger partial charge in [0.05, 0.1) is 6.04 Å². The third kappa shape index (κ3) is 20.6. The minimum atomic E-state index is -1.26. The van der Waals surface area contributed by atoms with Gasteiger partial charge in [-0.05, 0) is 121 Å². The molecule has 2 aliphatic rings. The van der Waals surface area contributed by atoms with Gasteiger partial charge in [0, 0.05) is 26.2 Å². The van der Waals surface area contributed by atoms with Crippen LogP contribution in [0.2, 0.25) is 0 Å². The molecule has 0 bridgehead atoms. The number of hydrogen-bond donors (Lipinski definition) is 13. The Morgan fingerprint density at radius 3 is 1.43 bits per heavy atom. The minimum absolute atomic E-state index is 0.0115. The van der Waals surface area contributed by atoms with E-state index in [1.54, 1.807) is 13.8 Å². The lowest BCUT2D eigenvalue weighted by atomic mass is 9.98. The van der Waals surface area contributed by atoms with Gasteiger partial charge in [0.15, 0.2) is 11.9 Å². The van der Waals surface area contributed by atoms with Crippen LogP contribution in [0.15, 0.2) is 9.98 Å². The third-order valence-electron chi connectivity index (χ3n) is 12.3. The van der Waals surface area contributed by atoms with Crippen LogP contribution < -0.4 is 72.5 Å². The Labute approximate surface area is 412 Å². The van der Waals surface area contributed by atoms with Crippen LogP contribution >= 0.6 is 0 Å². The smallest absolute Gasteiger partial charge is 0.246 e. The maximum atomic E-state index is 14.3. The van der Waals surface area contributed by atoms with Gasteiger partial charge in [0.2, 0.25) is 47.3 Å². The van der Waals surface area contributed by atoms with Crippen LogP contribution in [0.25, 0.3) is 0 Å². The highest BCUT2D eigenvalue weighted by molar-refractivity contribution is 5.98. The SMILES string of the molecule is CC(C)C[C@H](NC(=O)[C@H](CCCCN)NC(=O)[C@H](CCCN=C(N)N)NC(=O)[C@H](CCCCN)NC(=O)[C@@H]1CCCN1C(=O)[C@@H](N)CCCN=C(N)N)C(=O)N[C@H](C(=O)N1CCC[C@H]1C(N)=O)C(C)C. The molecule has 2 saturated heterocycles. The van der Waals surface area contributed by atoms with Crippen molar-refractivity contribution in [3.63, 3.8) is 0 Å². The molecule has 0 aromatic rings. The van der Waals surface area contributed by atoms with Gasteiger partial charge in [-0.1, -0.05) is 27.7 Å². The number of carbonyl (C=O) groups excluding carboxylic acids is 8. The Morgan fingerprint density at radius 1 is 0.543 bits per heavy atom. The van der Waals surface area contributed by atoms with Crippen LogP contribution in [0, 0.1) is 11.8 Å². The van der Waals surface area contributed by atoms with Crippen molar-refractivity contribution in [2.24, 2.45) is 67.7 Å². The maximum absolute atomic E-state index is 14.3. The monoisotopic (exact) mass is 992 g/mol. The second-order valence-corrected chi connectivity index (χ2v) is 19.0. The van der Waals surface area contributed by atoms with Crippen molar-refractivity contribution in [1.29, 1.82) is 0 Å². The van der Waals surface area contributed by atoms with Gasteiger partial charge in [0.1, 0.15) is 42.3 Å². The number of carbonyl (C=O) groups is 8. The number of nitrogens with zero attached hydrogens (tertiary/aromatic N) is 4. The zero-order valence-corrected chi connectivity index (χ0v) is 41.8. The van der Waals surface area contributed by atoms with E-state index in [1.807, 2.05) is 13.8 Å². The average Bonchev–Trinajstić information content (AvgIpc) is 4.00. The van der Waals surface area contributed by atoms with E-state index in [-0.39, 0.29) is 75.4 Å². The molecule has 0 saturated carbocycles. The fourth-order valence-electron chi connectivity index (χ4n) is 8.51. The van der Waals surface area contributed by atoms with Crippen molar-refractivity contribution in [1.82, 2.24) is 36.4 Å². The van der Waals surface area contributed by atoms with E-state index in [4.69, 9.17) is 45.9 Å². The Hall–Kier alpha value is -5.82. The highest BCUT2D eigenvalue weighted by atomic mass is 16.2. The van der Waals surface area contributed by atoms with E-state index in [0.29, 0.717) is 84.0 Å². The van der Waals surface area contributed by atoms with Crippen molar-refractivity contribution >= 4 is 59.2 Å². The standard InChI is InChI=1S/C45H85N17O8/c1-26(2)25-32(40(67)60-35(27(3)4)43(70)61-23-11-17-33(61)36(49)63)59-39(66)29(14-5-7-19-46)56-38(65)31(16-10-22-55-45(52)53)57-37(64)30(15-6-8-20-47)58-41(68)34-18-12-24-62(34)42(69)28(48)13-9-21-54-44(50)51/h26-35H,5-25,46-48H2,1-4H3,(H2,49,63)(H,56,65)(H,57,64)(H,58,68)(H,59,66)(H,60,67)(H4,50,51,54)(H4,52,53,55)/t28-,29-,30-,31-,32-,33-,34-,35-/m0/s1. The zero-order chi connectivity index (χ0) is 52.5. The molecule has 2 rings (SSSR count). The summed E-state index contributed by atoms with van der Waals surface area (Å²) in [6.45, 7) is 8.85. The number of hydrogen-bond acceptors (Lipinski definition) is 13. The molecule has 25 nitrogen and oxygen atoms in total. The summed E-state index contributed by atoms with van der Waals surface area (Å²) < 4.78 is 0. The summed E-state index contributed by atoms with van der Waals surface area (Å²) >= 11 is 0. The number of guanidine groups is 2. The third-order valence-corrected chi connectivity index (χ3v) is 12.3. The molecular weight excluding hydrogens is 907 g/mol. The highest BCUT2D eigenvalue weighted by Crippen LogP contribution is 2.22. The average molecular weight is 992 g/mol. The molecule has 0 unspecified atom stereocenters. The summed E-state index contributed by atoms with van der Waals surface area (Å²) in [5, 5.41) is 14.0. The number of unbranched alkanes of at least 4 members (excludes halogenated alkanes) is 2. The lowest BCUT2D eigenvalue weighted by Crippen LogP contribution is -2.60. The fraction of sp³-hybridized carbons (Fsp3) is 0.778. The van der Waals surface area contributed by atoms with Crippen LogP contribution in [0.3, 0.4) is 0 Å². The Balaban J connectivity index is 2.38. The number of amides is 8. The topological polar surface area (TPSA) is 436 Å². The molecule has 0 aliphatic carbocycles. The molecule has 2 heterocycles. The van der Waals surface area contributed by atoms with E-state index in [9.17, 15) is 38.4 Å². The van der Waals surface area contributed by atoms with Gasteiger partial charge in [-0.25, -0.2) is 0 Å². The summed E-state index contributed by atoms with van der Waals surface area (Å²) in [7, 11) is 0. The van der Waals surface area contributed by atoms with Gasteiger partial charge in [-0.15, -0.1) is 0 Å². The molecule has 2 aliphatic heterocycles. The quantitative estimate of drug-likeness (QED) is 0.0175. The first-order valence-electron chi connectivity index (χ1n) is 24.8. The van der Waals surface area contributed by atoms with Crippen LogP contribution in [-0.2, 0) is 38.4 Å². The van der Waals surface area contributed by atoms with Crippen LogP contribution in [0.4, 0.5) is 0 Å². The molecular formula is C45H85N17O8. The summed E-state index contributed by atoms with van der Waals surface area (Å²) in [5.74, 6) is -5.55. The predicted octanol–water partition coefficient (Wildman–Crippen LogP) is -3.73. The molecule has 70 heavy (non-hydrogen) atoms. The summed E-state index contributed by atoms with van der Waals surface area (Å²) in [6, 6.07) is -8.36. The maximum Gasteiger partial charge on any atom is 0.246 e. The van der Waals surface area contributed by atoms with Gasteiger partial charge < -0.3 is 82.3 Å². The number of primary amides is 1. The van der Waals surface area contributed by atoms with E-state index < -0.39 is 95.6 Å². The molecule has 25 heteroatoms. The van der Waals surface area contributed by atoms with Gasteiger partial charge in [-0.3, -0.25) is 48.3 Å². The van der Waals surface area contributed by atoms with E-state index in [1.165, 1.54) is 9.80 Å². The lowest BCUT2D eigenvalue weighted by Gasteiger charge is -2.31. The lowest BCUT2D eigenvalue weighted by molar-refractivity contribution is -0.142. The van der Waals surface area contributed by atoms with E-state index >= 15 is 0 Å². The fourth-order valence-corrected chi connectivity index (χ4v) is 8.51. The molecule has 0 aromatic heterocycles. The zero-order valence-electron chi connectivity index (χ0n) is 41.8. The molecule has 0 aromatic carbocycles. The number of nitrogens with two attached hydrogens (primary N) is 8. The number of aliphatic imine (C=N–C) groups is 2. The number of nitrogens with one attached hydrogen (secondary N) is 5. The Morgan fingerprint density at radius 2 is 0.971 bits per heavy atom. The second kappa shape index (κ2) is 31.4. The Bertz CT molecular complexity index is 1790. The van der Waals surface area contributed by atoms with Crippen molar-refractivity contribution in [2.75, 3.05) is 39.3 Å². The van der Waals surface area contributed by atoms with Gasteiger partial charge >= 0.3 is 0 Å². The minimum Gasteiger partial charge on any atom is -0.370 e. The van der Waals surface area contributed by atoms with Crippen molar-refractivity contribution < 1.29 is 38.4 Å². The van der Waals surface area contributed by atoms with Crippen molar-refractivity contribution in [3.8, 4) is 0 Å². The Kier molecular flexibility index (Phi) is 27.1. The van der Waals surface area contributed by atoms with E-state index in [2.05, 4.69) is 36.6 Å². The second-order valence-electron chi connectivity index (χ2n) is 19.0. The largest absolute Gasteiger partial charge is 0.370 e. The van der Waals surface area contributed by atoms with Crippen molar-refractivity contribution in [2.45, 2.75) is 172 Å². The molecule has 2 fully saturated rings.